The molecule has 3 nitrogen and oxygen atoms in total. The third-order valence-electron chi connectivity index (χ3n) is 4.12. The van der Waals surface area contributed by atoms with Gasteiger partial charge in [-0.3, -0.25) is 4.79 Å². The summed E-state index contributed by atoms with van der Waals surface area (Å²) < 4.78 is 0. The molecule has 0 saturated heterocycles. The Labute approximate surface area is 122 Å². The van der Waals surface area contributed by atoms with Crippen LogP contribution < -0.4 is 10.6 Å². The number of carbonyl (C=O) groups excluding carboxylic acids is 1. The molecule has 1 fully saturated rings. The number of amides is 1. The predicted octanol–water partition coefficient (Wildman–Crippen LogP) is 3.09. The normalized spacial score (nSPS) is 17.7. The topological polar surface area (TPSA) is 41.1 Å². The molecular formula is C17H26N2O. The van der Waals surface area contributed by atoms with Crippen LogP contribution in [-0.4, -0.2) is 18.5 Å². The van der Waals surface area contributed by atoms with E-state index in [1.165, 1.54) is 30.4 Å². The van der Waals surface area contributed by atoms with Crippen LogP contribution in [0.4, 0.5) is 0 Å². The standard InChI is InChI=1S/C17H26N2O/c1-13-8-10-15(11-9-13)14(2)18-12-17(20)19-16-6-4-3-5-7-16/h8-11,14,16,18H,3-7,12H2,1-2H3,(H,19,20). The van der Waals surface area contributed by atoms with Gasteiger partial charge in [-0.2, -0.15) is 0 Å². The summed E-state index contributed by atoms with van der Waals surface area (Å²) in [7, 11) is 0. The highest BCUT2D eigenvalue weighted by atomic mass is 16.1. The first-order valence-corrected chi connectivity index (χ1v) is 7.74. The fourth-order valence-electron chi connectivity index (χ4n) is 2.74. The van der Waals surface area contributed by atoms with E-state index >= 15 is 0 Å². The predicted molar refractivity (Wildman–Crippen MR) is 82.6 cm³/mol. The molecule has 0 aromatic heterocycles. The molecule has 1 atom stereocenters. The molecule has 1 amide bonds. The Morgan fingerprint density at radius 3 is 2.50 bits per heavy atom. The van der Waals surface area contributed by atoms with Crippen LogP contribution in [-0.2, 0) is 4.79 Å². The molecule has 0 aliphatic heterocycles. The number of benzene rings is 1. The van der Waals surface area contributed by atoms with Gasteiger partial charge in [0.05, 0.1) is 6.54 Å². The minimum absolute atomic E-state index is 0.121. The maximum atomic E-state index is 11.9. The molecule has 1 aliphatic carbocycles. The van der Waals surface area contributed by atoms with Crippen LogP contribution in [0.25, 0.3) is 0 Å². The van der Waals surface area contributed by atoms with E-state index in [1.807, 2.05) is 0 Å². The highest BCUT2D eigenvalue weighted by molar-refractivity contribution is 5.78. The highest BCUT2D eigenvalue weighted by Gasteiger charge is 2.15. The first-order valence-electron chi connectivity index (χ1n) is 7.74. The molecule has 2 N–H and O–H groups in total. The molecule has 0 bridgehead atoms. The average molecular weight is 274 g/mol. The average Bonchev–Trinajstić information content (AvgIpc) is 2.46. The Morgan fingerprint density at radius 2 is 1.85 bits per heavy atom. The molecule has 1 aromatic rings. The number of rotatable bonds is 5. The Hall–Kier alpha value is -1.35. The molecule has 110 valence electrons. The number of nitrogens with one attached hydrogen (secondary N) is 2. The fraction of sp³-hybridized carbons (Fsp3) is 0.588. The maximum absolute atomic E-state index is 11.9. The summed E-state index contributed by atoms with van der Waals surface area (Å²) in [5.74, 6) is 0.121. The molecule has 1 unspecified atom stereocenters. The van der Waals surface area contributed by atoms with Gasteiger partial charge in [-0.25, -0.2) is 0 Å². The van der Waals surface area contributed by atoms with Crippen molar-refractivity contribution in [2.45, 2.75) is 58.0 Å². The number of hydrogen-bond donors (Lipinski definition) is 2. The van der Waals surface area contributed by atoms with Crippen LogP contribution in [0.3, 0.4) is 0 Å². The minimum atomic E-state index is 0.121. The summed E-state index contributed by atoms with van der Waals surface area (Å²) in [6.45, 7) is 4.57. The Bertz CT molecular complexity index is 421. The molecule has 1 saturated carbocycles. The molecule has 20 heavy (non-hydrogen) atoms. The fourth-order valence-corrected chi connectivity index (χ4v) is 2.74. The lowest BCUT2D eigenvalue weighted by Crippen LogP contribution is -2.41. The van der Waals surface area contributed by atoms with Crippen molar-refractivity contribution in [2.24, 2.45) is 0 Å². The van der Waals surface area contributed by atoms with E-state index in [-0.39, 0.29) is 11.9 Å². The van der Waals surface area contributed by atoms with Crippen molar-refractivity contribution < 1.29 is 4.79 Å². The van der Waals surface area contributed by atoms with Crippen LogP contribution in [0.5, 0.6) is 0 Å². The summed E-state index contributed by atoms with van der Waals surface area (Å²) in [6.07, 6.45) is 6.09. The molecule has 2 rings (SSSR count). The second-order valence-corrected chi connectivity index (χ2v) is 5.92. The van der Waals surface area contributed by atoms with E-state index in [1.54, 1.807) is 0 Å². The summed E-state index contributed by atoms with van der Waals surface area (Å²) >= 11 is 0. The van der Waals surface area contributed by atoms with Crippen LogP contribution in [0.15, 0.2) is 24.3 Å². The monoisotopic (exact) mass is 274 g/mol. The molecule has 0 heterocycles. The highest BCUT2D eigenvalue weighted by Crippen LogP contribution is 2.17. The number of carbonyl (C=O) groups is 1. The lowest BCUT2D eigenvalue weighted by molar-refractivity contribution is -0.121. The van der Waals surface area contributed by atoms with Gasteiger partial charge in [0.25, 0.3) is 0 Å². The molecule has 0 radical (unpaired) electrons. The van der Waals surface area contributed by atoms with E-state index in [4.69, 9.17) is 0 Å². The van der Waals surface area contributed by atoms with Gasteiger partial charge in [-0.05, 0) is 32.3 Å². The van der Waals surface area contributed by atoms with E-state index < -0.39 is 0 Å². The van der Waals surface area contributed by atoms with E-state index in [0.29, 0.717) is 12.6 Å². The van der Waals surface area contributed by atoms with Gasteiger partial charge in [-0.1, -0.05) is 49.1 Å². The lowest BCUT2D eigenvalue weighted by atomic mass is 9.95. The second kappa shape index (κ2) is 7.44. The second-order valence-electron chi connectivity index (χ2n) is 5.92. The zero-order valence-corrected chi connectivity index (χ0v) is 12.6. The molecule has 3 heteroatoms. The van der Waals surface area contributed by atoms with Gasteiger partial charge in [0.2, 0.25) is 5.91 Å². The van der Waals surface area contributed by atoms with E-state index in [2.05, 4.69) is 48.7 Å². The third kappa shape index (κ3) is 4.64. The van der Waals surface area contributed by atoms with Crippen LogP contribution in [0.2, 0.25) is 0 Å². The smallest absolute Gasteiger partial charge is 0.234 e. The first-order chi connectivity index (χ1) is 9.65. The summed E-state index contributed by atoms with van der Waals surface area (Å²) in [4.78, 5) is 11.9. The van der Waals surface area contributed by atoms with Crippen molar-refractivity contribution in [3.05, 3.63) is 35.4 Å². The zero-order valence-electron chi connectivity index (χ0n) is 12.6. The van der Waals surface area contributed by atoms with Gasteiger partial charge < -0.3 is 10.6 Å². The largest absolute Gasteiger partial charge is 0.352 e. The third-order valence-corrected chi connectivity index (χ3v) is 4.12. The van der Waals surface area contributed by atoms with Crippen molar-refractivity contribution in [1.29, 1.82) is 0 Å². The Balaban J connectivity index is 1.73. The van der Waals surface area contributed by atoms with Crippen LogP contribution in [0.1, 0.15) is 56.2 Å². The summed E-state index contributed by atoms with van der Waals surface area (Å²) in [5, 5.41) is 6.43. The Morgan fingerprint density at radius 1 is 1.20 bits per heavy atom. The van der Waals surface area contributed by atoms with Gasteiger partial charge in [0, 0.05) is 12.1 Å². The maximum Gasteiger partial charge on any atom is 0.234 e. The van der Waals surface area contributed by atoms with Gasteiger partial charge in [-0.15, -0.1) is 0 Å². The minimum Gasteiger partial charge on any atom is -0.352 e. The van der Waals surface area contributed by atoms with Crippen molar-refractivity contribution in [3.63, 3.8) is 0 Å². The Kier molecular flexibility index (Phi) is 5.60. The van der Waals surface area contributed by atoms with Crippen molar-refractivity contribution >= 4 is 5.91 Å². The number of hydrogen-bond acceptors (Lipinski definition) is 2. The van der Waals surface area contributed by atoms with Crippen LogP contribution in [0, 0.1) is 6.92 Å². The SMILES string of the molecule is Cc1ccc(C(C)NCC(=O)NC2CCCCC2)cc1. The quantitative estimate of drug-likeness (QED) is 0.866. The van der Waals surface area contributed by atoms with Crippen molar-refractivity contribution in [3.8, 4) is 0 Å². The molecule has 1 aromatic carbocycles. The van der Waals surface area contributed by atoms with Crippen LogP contribution >= 0.6 is 0 Å². The van der Waals surface area contributed by atoms with E-state index in [0.717, 1.165) is 12.8 Å². The molecular weight excluding hydrogens is 248 g/mol. The zero-order chi connectivity index (χ0) is 14.4. The first kappa shape index (κ1) is 15.0. The lowest BCUT2D eigenvalue weighted by Gasteiger charge is -2.23. The number of aryl methyl sites for hydroxylation is 1. The van der Waals surface area contributed by atoms with Crippen molar-refractivity contribution in [1.82, 2.24) is 10.6 Å². The summed E-state index contributed by atoms with van der Waals surface area (Å²) in [5.41, 5.74) is 2.48. The molecule has 1 aliphatic rings. The van der Waals surface area contributed by atoms with Gasteiger partial charge >= 0.3 is 0 Å². The molecule has 0 spiro atoms. The summed E-state index contributed by atoms with van der Waals surface area (Å²) in [6, 6.07) is 9.05. The van der Waals surface area contributed by atoms with Gasteiger partial charge in [0.15, 0.2) is 0 Å². The van der Waals surface area contributed by atoms with Gasteiger partial charge in [0.1, 0.15) is 0 Å². The van der Waals surface area contributed by atoms with E-state index in [9.17, 15) is 4.79 Å². The van der Waals surface area contributed by atoms with Crippen molar-refractivity contribution in [2.75, 3.05) is 6.54 Å².